The number of rotatable bonds is 6. The molecule has 0 radical (unpaired) electrons. The van der Waals surface area contributed by atoms with Gasteiger partial charge in [0.25, 0.3) is 5.69 Å². The van der Waals surface area contributed by atoms with Crippen LogP contribution in [0.1, 0.15) is 57.9 Å². The van der Waals surface area contributed by atoms with Gasteiger partial charge in [-0.2, -0.15) is 0 Å². The van der Waals surface area contributed by atoms with Gasteiger partial charge < -0.3 is 4.74 Å². The highest BCUT2D eigenvalue weighted by molar-refractivity contribution is 6.06. The molecule has 0 spiro atoms. The lowest BCUT2D eigenvalue weighted by atomic mass is 9.79. The first kappa shape index (κ1) is 21.7. The van der Waals surface area contributed by atoms with E-state index in [1.54, 1.807) is 19.1 Å². The zero-order chi connectivity index (χ0) is 21.8. The van der Waals surface area contributed by atoms with Gasteiger partial charge in [0.15, 0.2) is 0 Å². The highest BCUT2D eigenvalue weighted by Gasteiger charge is 2.35. The van der Waals surface area contributed by atoms with Crippen LogP contribution in [0.5, 0.6) is 0 Å². The number of nitrogens with one attached hydrogen (secondary N) is 1. The van der Waals surface area contributed by atoms with Crippen molar-refractivity contribution >= 4 is 17.4 Å². The highest BCUT2D eigenvalue weighted by Crippen LogP contribution is 2.41. The summed E-state index contributed by atoms with van der Waals surface area (Å²) in [6, 6.07) is 6.32. The van der Waals surface area contributed by atoms with Crippen molar-refractivity contribution in [1.29, 1.82) is 0 Å². The number of hydroxylamine groups is 1. The van der Waals surface area contributed by atoms with E-state index >= 15 is 0 Å². The molecule has 2 aliphatic rings. The van der Waals surface area contributed by atoms with Crippen LogP contribution < -0.4 is 5.48 Å². The number of aliphatic imine (C=N–C) groups is 1. The van der Waals surface area contributed by atoms with E-state index in [1.807, 2.05) is 13.8 Å². The number of methoxy groups -OCH3 is 1. The minimum absolute atomic E-state index is 0.0401. The molecule has 0 bridgehead atoms. The van der Waals surface area contributed by atoms with Crippen LogP contribution in [0.4, 0.5) is 5.69 Å². The van der Waals surface area contributed by atoms with E-state index in [1.165, 1.54) is 19.2 Å². The van der Waals surface area contributed by atoms with Crippen LogP contribution in [0.15, 0.2) is 51.8 Å². The predicted octanol–water partition coefficient (Wildman–Crippen LogP) is 4.34. The molecule has 0 amide bonds. The Morgan fingerprint density at radius 3 is 2.60 bits per heavy atom. The number of nitrogens with zero attached hydrogens (tertiary/aromatic N) is 2. The van der Waals surface area contributed by atoms with Gasteiger partial charge in [0, 0.05) is 40.7 Å². The summed E-state index contributed by atoms with van der Waals surface area (Å²) in [6.07, 6.45) is 4.45. The van der Waals surface area contributed by atoms with Crippen LogP contribution in [0.25, 0.3) is 0 Å². The number of non-ortho nitro benzene ring substituents is 1. The maximum atomic E-state index is 12.7. The molecule has 1 saturated carbocycles. The Bertz CT molecular complexity index is 942. The monoisotopic (exact) mass is 413 g/mol. The largest absolute Gasteiger partial charge is 0.466 e. The fourth-order valence-corrected chi connectivity index (χ4v) is 4.18. The van der Waals surface area contributed by atoms with Gasteiger partial charge in [0.05, 0.1) is 23.7 Å². The first-order valence-corrected chi connectivity index (χ1v) is 10.0. The number of ether oxygens (including phenoxy) is 1. The van der Waals surface area contributed by atoms with Crippen molar-refractivity contribution in [2.75, 3.05) is 7.11 Å². The van der Waals surface area contributed by atoms with Crippen molar-refractivity contribution < 1.29 is 19.3 Å². The summed E-state index contributed by atoms with van der Waals surface area (Å²) < 4.78 is 5.02. The second-order valence-corrected chi connectivity index (χ2v) is 7.64. The van der Waals surface area contributed by atoms with Crippen molar-refractivity contribution in [1.82, 2.24) is 5.48 Å². The molecule has 1 aromatic rings. The molecule has 8 heteroatoms. The number of esters is 1. The van der Waals surface area contributed by atoms with Crippen LogP contribution in [0.3, 0.4) is 0 Å². The Hall–Kier alpha value is -3.00. The lowest BCUT2D eigenvalue weighted by Gasteiger charge is -2.29. The molecule has 1 aromatic carbocycles. The average Bonchev–Trinajstić information content (AvgIpc) is 3.24. The molecule has 30 heavy (non-hydrogen) atoms. The Balaban J connectivity index is 2.09. The number of benzene rings is 1. The van der Waals surface area contributed by atoms with Gasteiger partial charge in [-0.3, -0.25) is 25.4 Å². The van der Waals surface area contributed by atoms with E-state index in [0.717, 1.165) is 37.0 Å². The fourth-order valence-electron chi connectivity index (χ4n) is 4.18. The second kappa shape index (κ2) is 9.21. The smallest absolute Gasteiger partial charge is 0.336 e. The van der Waals surface area contributed by atoms with Gasteiger partial charge in [-0.05, 0) is 39.2 Å². The molecule has 1 aliphatic carbocycles. The van der Waals surface area contributed by atoms with E-state index in [4.69, 9.17) is 9.57 Å². The van der Waals surface area contributed by atoms with Crippen molar-refractivity contribution in [3.63, 3.8) is 0 Å². The van der Waals surface area contributed by atoms with Crippen LogP contribution in [0.2, 0.25) is 0 Å². The number of carbonyl (C=O) groups is 1. The maximum Gasteiger partial charge on any atom is 0.336 e. The van der Waals surface area contributed by atoms with Crippen molar-refractivity contribution in [3.8, 4) is 0 Å². The summed E-state index contributed by atoms with van der Waals surface area (Å²) in [4.78, 5) is 34.0. The Morgan fingerprint density at radius 2 is 1.97 bits per heavy atom. The molecule has 1 unspecified atom stereocenters. The molecule has 1 N–H and O–H groups in total. The number of hydrogen-bond acceptors (Lipinski definition) is 7. The maximum absolute atomic E-state index is 12.7. The number of allylic oxidation sites excluding steroid dienone is 3. The standard InChI is InChI=1S/C22H27N3O5/c1-13-19(15(3)24-30-18-10-5-6-11-18)21(20(14(2)23-13)22(26)29-4)16-8-7-9-17(12-16)25(27)28/h7-9,12,18,21,24H,5-6,10-11H2,1-4H3/b19-15+. The predicted molar refractivity (Wildman–Crippen MR) is 113 cm³/mol. The molecule has 0 aromatic heterocycles. The minimum Gasteiger partial charge on any atom is -0.466 e. The molecule has 3 rings (SSSR count). The molecule has 1 fully saturated rings. The zero-order valence-electron chi connectivity index (χ0n) is 17.7. The third-order valence-corrected chi connectivity index (χ3v) is 5.60. The molecule has 1 atom stereocenters. The second-order valence-electron chi connectivity index (χ2n) is 7.64. The fraction of sp³-hybridized carbons (Fsp3) is 0.455. The van der Waals surface area contributed by atoms with Crippen LogP contribution in [-0.2, 0) is 14.4 Å². The molecular weight excluding hydrogens is 386 g/mol. The lowest BCUT2D eigenvalue weighted by molar-refractivity contribution is -0.384. The molecule has 160 valence electrons. The van der Waals surface area contributed by atoms with E-state index < -0.39 is 16.8 Å². The summed E-state index contributed by atoms with van der Waals surface area (Å²) >= 11 is 0. The molecular formula is C22H27N3O5. The summed E-state index contributed by atoms with van der Waals surface area (Å²) in [5, 5.41) is 11.3. The van der Waals surface area contributed by atoms with Crippen LogP contribution in [0, 0.1) is 10.1 Å². The van der Waals surface area contributed by atoms with Gasteiger partial charge >= 0.3 is 5.97 Å². The van der Waals surface area contributed by atoms with E-state index in [0.29, 0.717) is 22.5 Å². The topological polar surface area (TPSA) is 103 Å². The van der Waals surface area contributed by atoms with Crippen molar-refractivity contribution in [3.05, 3.63) is 62.5 Å². The van der Waals surface area contributed by atoms with Crippen molar-refractivity contribution in [2.24, 2.45) is 4.99 Å². The molecule has 8 nitrogen and oxygen atoms in total. The number of hydrogen-bond donors (Lipinski definition) is 1. The van der Waals surface area contributed by atoms with Gasteiger partial charge in [-0.1, -0.05) is 25.0 Å². The Labute approximate surface area is 175 Å². The van der Waals surface area contributed by atoms with Crippen molar-refractivity contribution in [2.45, 2.75) is 58.5 Å². The quantitative estimate of drug-likeness (QED) is 0.423. The SMILES string of the molecule is COC(=O)C1=C(C)N=C(C)/C(=C(/C)NOC2CCCC2)C1c1cccc([N+](=O)[O-])c1. The van der Waals surface area contributed by atoms with Gasteiger partial charge in [0.2, 0.25) is 0 Å². The number of carbonyl (C=O) groups excluding carboxylic acids is 1. The summed E-state index contributed by atoms with van der Waals surface area (Å²) in [7, 11) is 1.32. The lowest BCUT2D eigenvalue weighted by Crippen LogP contribution is -2.28. The third-order valence-electron chi connectivity index (χ3n) is 5.60. The molecule has 1 aliphatic heterocycles. The van der Waals surface area contributed by atoms with Gasteiger partial charge in [-0.25, -0.2) is 4.79 Å². The highest BCUT2D eigenvalue weighted by atomic mass is 16.7. The first-order chi connectivity index (χ1) is 14.3. The normalized spacial score (nSPS) is 21.3. The van der Waals surface area contributed by atoms with Gasteiger partial charge in [-0.15, -0.1) is 0 Å². The third kappa shape index (κ3) is 4.43. The number of nitro groups is 1. The molecule has 1 heterocycles. The van der Waals surface area contributed by atoms with Crippen LogP contribution >= 0.6 is 0 Å². The average molecular weight is 413 g/mol. The Kier molecular flexibility index (Phi) is 6.66. The summed E-state index contributed by atoms with van der Waals surface area (Å²) in [5.74, 6) is -1.07. The van der Waals surface area contributed by atoms with E-state index in [2.05, 4.69) is 10.5 Å². The van der Waals surface area contributed by atoms with E-state index in [-0.39, 0.29) is 11.8 Å². The van der Waals surface area contributed by atoms with E-state index in [9.17, 15) is 14.9 Å². The molecule has 0 saturated heterocycles. The zero-order valence-corrected chi connectivity index (χ0v) is 17.7. The summed E-state index contributed by atoms with van der Waals surface area (Å²) in [6.45, 7) is 5.47. The van der Waals surface area contributed by atoms with Gasteiger partial charge in [0.1, 0.15) is 0 Å². The summed E-state index contributed by atoms with van der Waals surface area (Å²) in [5.41, 5.74) is 6.70. The Morgan fingerprint density at radius 1 is 1.27 bits per heavy atom. The minimum atomic E-state index is -0.561. The first-order valence-electron chi connectivity index (χ1n) is 10.0. The number of nitro benzene ring substituents is 1. The van der Waals surface area contributed by atoms with Crippen LogP contribution in [-0.4, -0.2) is 29.8 Å².